The second kappa shape index (κ2) is 4.86. The zero-order valence-corrected chi connectivity index (χ0v) is 10.4. The van der Waals surface area contributed by atoms with Crippen molar-refractivity contribution in [3.05, 3.63) is 65.2 Å². The van der Waals surface area contributed by atoms with Crippen LogP contribution < -0.4 is 0 Å². The predicted molar refractivity (Wildman–Crippen MR) is 64.3 cm³/mol. The molecule has 1 aromatic heterocycles. The summed E-state index contributed by atoms with van der Waals surface area (Å²) in [4.78, 5) is 3.62. The largest absolute Gasteiger partial charge is 0.416 e. The van der Waals surface area contributed by atoms with Gasteiger partial charge in [0.15, 0.2) is 0 Å². The SMILES string of the molecule is CC(O)(c1cccc(F)c1)c1cnccc1C(F)(F)F. The molecule has 0 bridgehead atoms. The molecule has 0 spiro atoms. The fraction of sp³-hybridized carbons (Fsp3) is 0.214. The van der Waals surface area contributed by atoms with Crippen LogP contribution in [0.4, 0.5) is 17.6 Å². The average molecular weight is 285 g/mol. The van der Waals surface area contributed by atoms with Crippen molar-refractivity contribution in [2.75, 3.05) is 0 Å². The molecule has 0 radical (unpaired) electrons. The number of halogens is 4. The fourth-order valence-electron chi connectivity index (χ4n) is 1.98. The molecule has 0 saturated heterocycles. The summed E-state index contributed by atoms with van der Waals surface area (Å²) in [7, 11) is 0. The first-order chi connectivity index (χ1) is 9.23. The third-order valence-corrected chi connectivity index (χ3v) is 3.04. The number of alkyl halides is 3. The van der Waals surface area contributed by atoms with Gasteiger partial charge in [-0.15, -0.1) is 0 Å². The van der Waals surface area contributed by atoms with Crippen LogP contribution in [0.1, 0.15) is 23.6 Å². The van der Waals surface area contributed by atoms with Gasteiger partial charge in [0, 0.05) is 18.0 Å². The Hall–Kier alpha value is -1.95. The van der Waals surface area contributed by atoms with Gasteiger partial charge in [-0.1, -0.05) is 12.1 Å². The van der Waals surface area contributed by atoms with Crippen LogP contribution in [0.15, 0.2) is 42.7 Å². The van der Waals surface area contributed by atoms with E-state index in [9.17, 15) is 22.7 Å². The van der Waals surface area contributed by atoms with Crippen LogP contribution in [0.25, 0.3) is 0 Å². The molecule has 1 aromatic carbocycles. The molecule has 2 aromatic rings. The Bertz CT molecular complexity index is 623. The van der Waals surface area contributed by atoms with Crippen molar-refractivity contribution in [3.8, 4) is 0 Å². The molecule has 1 N–H and O–H groups in total. The Kier molecular flexibility index (Phi) is 3.52. The van der Waals surface area contributed by atoms with Gasteiger partial charge in [0.1, 0.15) is 11.4 Å². The second-order valence-corrected chi connectivity index (χ2v) is 4.50. The van der Waals surface area contributed by atoms with Crippen LogP contribution in [-0.2, 0) is 11.8 Å². The molecule has 2 rings (SSSR count). The summed E-state index contributed by atoms with van der Waals surface area (Å²) >= 11 is 0. The Morgan fingerprint density at radius 1 is 1.10 bits per heavy atom. The third kappa shape index (κ3) is 2.65. The highest BCUT2D eigenvalue weighted by atomic mass is 19.4. The van der Waals surface area contributed by atoms with Gasteiger partial charge in [-0.2, -0.15) is 13.2 Å². The van der Waals surface area contributed by atoms with Gasteiger partial charge >= 0.3 is 6.18 Å². The molecule has 106 valence electrons. The lowest BCUT2D eigenvalue weighted by Gasteiger charge is -2.27. The number of aromatic nitrogens is 1. The van der Waals surface area contributed by atoms with E-state index in [1.54, 1.807) is 0 Å². The number of hydrogen-bond acceptors (Lipinski definition) is 2. The van der Waals surface area contributed by atoms with Crippen LogP contribution in [0.5, 0.6) is 0 Å². The molecule has 0 amide bonds. The van der Waals surface area contributed by atoms with Gasteiger partial charge in [-0.05, 0) is 30.7 Å². The van der Waals surface area contributed by atoms with Crippen LogP contribution in [-0.4, -0.2) is 10.1 Å². The Morgan fingerprint density at radius 3 is 2.40 bits per heavy atom. The minimum Gasteiger partial charge on any atom is -0.381 e. The van der Waals surface area contributed by atoms with Gasteiger partial charge < -0.3 is 5.11 Å². The summed E-state index contributed by atoms with van der Waals surface area (Å²) in [6, 6.07) is 5.60. The molecule has 20 heavy (non-hydrogen) atoms. The first-order valence-corrected chi connectivity index (χ1v) is 5.73. The highest BCUT2D eigenvalue weighted by Gasteiger charge is 2.39. The Labute approximate surface area is 112 Å². The van der Waals surface area contributed by atoms with Crippen molar-refractivity contribution in [3.63, 3.8) is 0 Å². The van der Waals surface area contributed by atoms with E-state index < -0.39 is 28.7 Å². The van der Waals surface area contributed by atoms with Gasteiger partial charge in [-0.3, -0.25) is 4.98 Å². The number of aliphatic hydroxyl groups is 1. The number of nitrogens with zero attached hydrogens (tertiary/aromatic N) is 1. The number of pyridine rings is 1. The molecule has 2 nitrogen and oxygen atoms in total. The second-order valence-electron chi connectivity index (χ2n) is 4.50. The van der Waals surface area contributed by atoms with Crippen molar-refractivity contribution < 1.29 is 22.7 Å². The Morgan fingerprint density at radius 2 is 1.80 bits per heavy atom. The van der Waals surface area contributed by atoms with Crippen LogP contribution in [0.2, 0.25) is 0 Å². The highest BCUT2D eigenvalue weighted by molar-refractivity contribution is 5.39. The first kappa shape index (κ1) is 14.5. The van der Waals surface area contributed by atoms with Crippen molar-refractivity contribution >= 4 is 0 Å². The molecular formula is C14H11F4NO. The molecule has 0 aliphatic heterocycles. The molecular weight excluding hydrogens is 274 g/mol. The van der Waals surface area contributed by atoms with E-state index in [-0.39, 0.29) is 5.56 Å². The molecule has 6 heteroatoms. The van der Waals surface area contributed by atoms with Crippen molar-refractivity contribution in [2.45, 2.75) is 18.7 Å². The maximum absolute atomic E-state index is 13.2. The smallest absolute Gasteiger partial charge is 0.381 e. The van der Waals surface area contributed by atoms with Gasteiger partial charge in [-0.25, -0.2) is 4.39 Å². The monoisotopic (exact) mass is 285 g/mol. The molecule has 1 heterocycles. The molecule has 0 fully saturated rings. The maximum Gasteiger partial charge on any atom is 0.416 e. The minimum absolute atomic E-state index is 0.0241. The van der Waals surface area contributed by atoms with E-state index >= 15 is 0 Å². The molecule has 0 saturated carbocycles. The van der Waals surface area contributed by atoms with Crippen molar-refractivity contribution in [2.24, 2.45) is 0 Å². The van der Waals surface area contributed by atoms with Gasteiger partial charge in [0.25, 0.3) is 0 Å². The van der Waals surface area contributed by atoms with E-state index in [2.05, 4.69) is 4.98 Å². The summed E-state index contributed by atoms with van der Waals surface area (Å²) in [6.45, 7) is 1.17. The third-order valence-electron chi connectivity index (χ3n) is 3.04. The van der Waals surface area contributed by atoms with Crippen molar-refractivity contribution in [1.29, 1.82) is 0 Å². The highest BCUT2D eigenvalue weighted by Crippen LogP contribution is 2.38. The van der Waals surface area contributed by atoms with E-state index in [1.165, 1.54) is 19.1 Å². The summed E-state index contributed by atoms with van der Waals surface area (Å²) in [6.07, 6.45) is -2.70. The molecule has 1 atom stereocenters. The molecule has 1 unspecified atom stereocenters. The lowest BCUT2D eigenvalue weighted by Crippen LogP contribution is -2.27. The lowest BCUT2D eigenvalue weighted by atomic mass is 9.86. The van der Waals surface area contributed by atoms with Crippen LogP contribution in [0.3, 0.4) is 0 Å². The van der Waals surface area contributed by atoms with E-state index in [4.69, 9.17) is 0 Å². The first-order valence-electron chi connectivity index (χ1n) is 5.73. The topological polar surface area (TPSA) is 33.1 Å². The van der Waals surface area contributed by atoms with E-state index in [0.29, 0.717) is 0 Å². The lowest BCUT2D eigenvalue weighted by molar-refractivity contribution is -0.140. The van der Waals surface area contributed by atoms with Crippen LogP contribution in [0, 0.1) is 5.82 Å². The summed E-state index contributed by atoms with van der Waals surface area (Å²) in [5.74, 6) is -0.639. The zero-order valence-electron chi connectivity index (χ0n) is 10.4. The summed E-state index contributed by atoms with van der Waals surface area (Å²) in [5.41, 5.74) is -3.39. The molecule has 0 aliphatic carbocycles. The van der Waals surface area contributed by atoms with Gasteiger partial charge in [0.05, 0.1) is 5.56 Å². The standard InChI is InChI=1S/C14H11F4NO/c1-13(20,9-3-2-4-10(15)7-9)12-8-19-6-5-11(12)14(16,17)18/h2-8,20H,1H3. The summed E-state index contributed by atoms with van der Waals surface area (Å²) in [5, 5.41) is 10.4. The minimum atomic E-state index is -4.63. The average Bonchev–Trinajstić information content (AvgIpc) is 2.38. The number of rotatable bonds is 2. The zero-order chi connectivity index (χ0) is 15.0. The normalized spacial score (nSPS) is 14.9. The Balaban J connectivity index is 2.61. The fourth-order valence-corrected chi connectivity index (χ4v) is 1.98. The van der Waals surface area contributed by atoms with Crippen LogP contribution >= 0.6 is 0 Å². The van der Waals surface area contributed by atoms with Gasteiger partial charge in [0.2, 0.25) is 0 Å². The molecule has 0 aliphatic rings. The number of benzene rings is 1. The maximum atomic E-state index is 13.2. The van der Waals surface area contributed by atoms with Crippen molar-refractivity contribution in [1.82, 2.24) is 4.98 Å². The predicted octanol–water partition coefficient (Wildman–Crippen LogP) is 3.50. The van der Waals surface area contributed by atoms with E-state index in [0.717, 1.165) is 30.6 Å². The number of hydrogen-bond donors (Lipinski definition) is 1. The summed E-state index contributed by atoms with van der Waals surface area (Å²) < 4.78 is 52.1. The van der Waals surface area contributed by atoms with E-state index in [1.807, 2.05) is 0 Å². The quantitative estimate of drug-likeness (QED) is 0.857.